The summed E-state index contributed by atoms with van der Waals surface area (Å²) in [7, 11) is 0. The maximum absolute atomic E-state index is 12.7. The molecule has 2 nitrogen and oxygen atoms in total. The van der Waals surface area contributed by atoms with Gasteiger partial charge in [-0.1, -0.05) is 15.9 Å². The minimum Gasteiger partial charge on any atom is -0.478 e. The van der Waals surface area contributed by atoms with Gasteiger partial charge in [-0.15, -0.1) is 23.5 Å². The lowest BCUT2D eigenvalue weighted by atomic mass is 9.99. The van der Waals surface area contributed by atoms with E-state index in [2.05, 4.69) is 15.9 Å². The number of aromatic carboxylic acids is 1. The molecule has 2 aliphatic rings. The summed E-state index contributed by atoms with van der Waals surface area (Å²) in [5.74, 6) is 0.198. The largest absolute Gasteiger partial charge is 0.478 e. The van der Waals surface area contributed by atoms with Crippen molar-refractivity contribution in [1.82, 2.24) is 0 Å². The van der Waals surface area contributed by atoms with Crippen LogP contribution in [0.5, 0.6) is 0 Å². The van der Waals surface area contributed by atoms with E-state index in [9.17, 15) is 31.1 Å². The molecule has 0 saturated heterocycles. The Morgan fingerprint density at radius 3 is 1.78 bits per heavy atom. The standard InChI is InChI=1S/C11H9F3O2S.C10H8BrF3S/c12-11(13,14)8-4-3-7(10(15)16)6-2-1-5-17-9(6)8;11-8-4-3-7(10(12,13)14)9-6(8)2-1-5-15-9/h3-4H,1-2,5H2,(H,15,16);3-4H,1-2,5H2. The lowest BCUT2D eigenvalue weighted by Gasteiger charge is -2.21. The Hall–Kier alpha value is -1.33. The van der Waals surface area contributed by atoms with Crippen LogP contribution in [0.3, 0.4) is 0 Å². The molecule has 11 heteroatoms. The highest BCUT2D eigenvalue weighted by molar-refractivity contribution is 9.10. The molecule has 0 unspecified atom stereocenters. The molecule has 4 rings (SSSR count). The first kappa shape index (κ1) is 25.3. The molecule has 2 aromatic rings. The van der Waals surface area contributed by atoms with Crippen molar-refractivity contribution >= 4 is 45.4 Å². The molecule has 2 aliphatic heterocycles. The van der Waals surface area contributed by atoms with Gasteiger partial charge >= 0.3 is 18.3 Å². The molecule has 0 bridgehead atoms. The number of carboxylic acid groups (broad SMARTS) is 1. The zero-order chi connectivity index (χ0) is 23.7. The van der Waals surface area contributed by atoms with E-state index in [0.29, 0.717) is 29.1 Å². The second-order valence-electron chi connectivity index (χ2n) is 7.08. The molecular weight excluding hydrogens is 542 g/mol. The Labute approximate surface area is 197 Å². The van der Waals surface area contributed by atoms with Gasteiger partial charge in [-0.05, 0) is 72.6 Å². The summed E-state index contributed by atoms with van der Waals surface area (Å²) in [5, 5.41) is 8.94. The summed E-state index contributed by atoms with van der Waals surface area (Å²) in [5.41, 5.74) is -0.0996. The summed E-state index contributed by atoms with van der Waals surface area (Å²) in [6, 6.07) is 4.56. The van der Waals surface area contributed by atoms with Gasteiger partial charge in [0.05, 0.1) is 16.7 Å². The van der Waals surface area contributed by atoms with Gasteiger partial charge < -0.3 is 5.11 Å². The van der Waals surface area contributed by atoms with Gasteiger partial charge in [0.1, 0.15) is 0 Å². The number of hydrogen-bond acceptors (Lipinski definition) is 3. The molecule has 32 heavy (non-hydrogen) atoms. The van der Waals surface area contributed by atoms with Crippen LogP contribution in [-0.4, -0.2) is 22.6 Å². The van der Waals surface area contributed by atoms with Gasteiger partial charge in [0.2, 0.25) is 0 Å². The number of fused-ring (bicyclic) bond motifs is 2. The quantitative estimate of drug-likeness (QED) is 0.360. The molecule has 0 fully saturated rings. The molecule has 0 amide bonds. The van der Waals surface area contributed by atoms with E-state index in [1.807, 2.05) is 0 Å². The lowest BCUT2D eigenvalue weighted by Crippen LogP contribution is -2.15. The van der Waals surface area contributed by atoms with Gasteiger partial charge in [-0.3, -0.25) is 0 Å². The van der Waals surface area contributed by atoms with Crippen molar-refractivity contribution in [3.63, 3.8) is 0 Å². The van der Waals surface area contributed by atoms with E-state index in [-0.39, 0.29) is 10.5 Å². The molecule has 0 saturated carbocycles. The van der Waals surface area contributed by atoms with Crippen LogP contribution in [0.25, 0.3) is 0 Å². The number of halogens is 7. The van der Waals surface area contributed by atoms with Crippen molar-refractivity contribution in [3.8, 4) is 0 Å². The van der Waals surface area contributed by atoms with Crippen LogP contribution in [-0.2, 0) is 25.2 Å². The Balaban J connectivity index is 0.000000182. The first-order valence-corrected chi connectivity index (χ1v) is 12.3. The third-order valence-corrected chi connectivity index (χ3v) is 8.18. The SMILES string of the molecule is FC(F)(F)c1ccc(Br)c2c1SCCC2.O=C(O)c1ccc(C(F)(F)F)c2c1CCCS2. The van der Waals surface area contributed by atoms with Crippen molar-refractivity contribution in [2.75, 3.05) is 11.5 Å². The fraction of sp³-hybridized carbons (Fsp3) is 0.381. The first-order chi connectivity index (χ1) is 14.9. The highest BCUT2D eigenvalue weighted by Gasteiger charge is 2.37. The minimum atomic E-state index is -4.43. The van der Waals surface area contributed by atoms with Crippen LogP contribution in [0.1, 0.15) is 45.5 Å². The van der Waals surface area contributed by atoms with Gasteiger partial charge in [0.15, 0.2) is 0 Å². The summed E-state index contributed by atoms with van der Waals surface area (Å²) in [6.45, 7) is 0. The number of alkyl halides is 6. The van der Waals surface area contributed by atoms with Crippen LogP contribution in [0, 0.1) is 0 Å². The number of benzene rings is 2. The molecular formula is C21H17BrF6O2S2. The summed E-state index contributed by atoms with van der Waals surface area (Å²) in [6.07, 6.45) is -5.89. The van der Waals surface area contributed by atoms with Crippen LogP contribution < -0.4 is 0 Å². The fourth-order valence-electron chi connectivity index (χ4n) is 3.54. The predicted molar refractivity (Wildman–Crippen MR) is 116 cm³/mol. The summed E-state index contributed by atoms with van der Waals surface area (Å²) < 4.78 is 77.1. The van der Waals surface area contributed by atoms with Crippen molar-refractivity contribution in [2.24, 2.45) is 0 Å². The lowest BCUT2D eigenvalue weighted by molar-refractivity contribution is -0.140. The topological polar surface area (TPSA) is 37.3 Å². The van der Waals surface area contributed by atoms with E-state index in [1.54, 1.807) is 0 Å². The number of carboxylic acids is 1. The first-order valence-electron chi connectivity index (χ1n) is 9.51. The predicted octanol–water partition coefficient (Wildman–Crippen LogP) is 7.95. The second kappa shape index (κ2) is 9.89. The minimum absolute atomic E-state index is 0.0137. The summed E-state index contributed by atoms with van der Waals surface area (Å²) >= 11 is 5.70. The molecule has 2 aromatic carbocycles. The molecule has 0 aromatic heterocycles. The van der Waals surface area contributed by atoms with Gasteiger partial charge in [-0.2, -0.15) is 26.3 Å². The highest BCUT2D eigenvalue weighted by atomic mass is 79.9. The zero-order valence-electron chi connectivity index (χ0n) is 16.4. The maximum Gasteiger partial charge on any atom is 0.417 e. The van der Waals surface area contributed by atoms with Gasteiger partial charge in [-0.25, -0.2) is 4.79 Å². The van der Waals surface area contributed by atoms with Crippen LogP contribution in [0.15, 0.2) is 38.5 Å². The average molecular weight is 559 g/mol. The number of carbonyl (C=O) groups is 1. The van der Waals surface area contributed by atoms with Crippen LogP contribution in [0.4, 0.5) is 26.3 Å². The maximum atomic E-state index is 12.7. The van der Waals surface area contributed by atoms with Gasteiger partial charge in [0, 0.05) is 14.3 Å². The highest BCUT2D eigenvalue weighted by Crippen LogP contribution is 2.44. The molecule has 0 atom stereocenters. The Morgan fingerprint density at radius 2 is 1.28 bits per heavy atom. The Bertz CT molecular complexity index is 1020. The monoisotopic (exact) mass is 558 g/mol. The van der Waals surface area contributed by atoms with E-state index in [0.717, 1.165) is 58.6 Å². The molecule has 174 valence electrons. The van der Waals surface area contributed by atoms with E-state index in [1.165, 1.54) is 17.8 Å². The number of thioether (sulfide) groups is 2. The molecule has 0 aliphatic carbocycles. The van der Waals surface area contributed by atoms with Crippen LogP contribution in [0.2, 0.25) is 0 Å². The van der Waals surface area contributed by atoms with E-state index >= 15 is 0 Å². The Kier molecular flexibility index (Phi) is 7.81. The molecule has 0 spiro atoms. The van der Waals surface area contributed by atoms with Crippen LogP contribution >= 0.6 is 39.5 Å². The van der Waals surface area contributed by atoms with Crippen molar-refractivity contribution in [2.45, 2.75) is 47.8 Å². The van der Waals surface area contributed by atoms with Gasteiger partial charge in [0.25, 0.3) is 0 Å². The number of hydrogen-bond donors (Lipinski definition) is 1. The molecule has 0 radical (unpaired) electrons. The fourth-order valence-corrected chi connectivity index (χ4v) is 6.63. The van der Waals surface area contributed by atoms with E-state index < -0.39 is 29.4 Å². The second-order valence-corrected chi connectivity index (χ2v) is 10.1. The van der Waals surface area contributed by atoms with Crippen molar-refractivity contribution < 1.29 is 36.2 Å². The molecule has 2 heterocycles. The molecule has 1 N–H and O–H groups in total. The third-order valence-electron chi connectivity index (χ3n) is 4.94. The normalized spacial score (nSPS) is 15.8. The average Bonchev–Trinajstić information content (AvgIpc) is 2.72. The number of rotatable bonds is 1. The Morgan fingerprint density at radius 1 is 0.812 bits per heavy atom. The third kappa shape index (κ3) is 5.59. The van der Waals surface area contributed by atoms with E-state index in [4.69, 9.17) is 5.11 Å². The smallest absolute Gasteiger partial charge is 0.417 e. The summed E-state index contributed by atoms with van der Waals surface area (Å²) in [4.78, 5) is 11.4. The van der Waals surface area contributed by atoms with Crippen molar-refractivity contribution in [1.29, 1.82) is 0 Å². The zero-order valence-corrected chi connectivity index (χ0v) is 19.6. The van der Waals surface area contributed by atoms with Crippen molar-refractivity contribution in [3.05, 3.63) is 56.6 Å².